The number of hydrogen-bond acceptors (Lipinski definition) is 2. The Hall–Kier alpha value is -0.580. The third-order valence-electron chi connectivity index (χ3n) is 1.27. The van der Waals surface area contributed by atoms with Gasteiger partial charge in [-0.3, -0.25) is 4.98 Å². The fraction of sp³-hybridized carbons (Fsp3) is 0. The lowest BCUT2D eigenvalue weighted by Crippen LogP contribution is -1.73. The first-order chi connectivity index (χ1) is 4.86. The average molecular weight is 245 g/mol. The molecule has 2 nitrogen and oxygen atoms in total. The highest BCUT2D eigenvalue weighted by Crippen LogP contribution is 2.14. The van der Waals surface area contributed by atoms with Crippen molar-refractivity contribution in [3.8, 4) is 0 Å². The molecule has 2 rings (SSSR count). The summed E-state index contributed by atoms with van der Waals surface area (Å²) in [5.41, 5.74) is 1.77. The van der Waals surface area contributed by atoms with Gasteiger partial charge in [-0.15, -0.1) is 0 Å². The quantitative estimate of drug-likeness (QED) is 0.666. The number of fused-ring (bicyclic) bond motifs is 1. The molecule has 2 aromatic heterocycles. The molecule has 0 unspecified atom stereocenters. The van der Waals surface area contributed by atoms with Crippen LogP contribution in [0.1, 0.15) is 0 Å². The highest BCUT2D eigenvalue weighted by molar-refractivity contribution is 14.1. The molecule has 0 aliphatic heterocycles. The van der Waals surface area contributed by atoms with Crippen molar-refractivity contribution in [1.29, 1.82) is 0 Å². The number of nitrogens with zero attached hydrogens (tertiary/aromatic N) is 1. The van der Waals surface area contributed by atoms with Gasteiger partial charge in [0.25, 0.3) is 0 Å². The van der Waals surface area contributed by atoms with Crippen LogP contribution in [-0.2, 0) is 0 Å². The van der Waals surface area contributed by atoms with Crippen LogP contribution in [0.3, 0.4) is 0 Å². The van der Waals surface area contributed by atoms with E-state index in [4.69, 9.17) is 4.42 Å². The number of aromatic nitrogens is 1. The van der Waals surface area contributed by atoms with Crippen molar-refractivity contribution in [2.45, 2.75) is 0 Å². The maximum absolute atomic E-state index is 5.13. The number of rotatable bonds is 0. The molecule has 0 spiro atoms. The van der Waals surface area contributed by atoms with Crippen LogP contribution >= 0.6 is 22.6 Å². The third kappa shape index (κ3) is 0.901. The first kappa shape index (κ1) is 6.15. The molecule has 3 heteroatoms. The maximum Gasteiger partial charge on any atom is 0.153 e. The van der Waals surface area contributed by atoms with Crippen LogP contribution in [0.15, 0.2) is 29.0 Å². The zero-order chi connectivity index (χ0) is 6.97. The Morgan fingerprint density at radius 2 is 2.40 bits per heavy atom. The van der Waals surface area contributed by atoms with E-state index in [2.05, 4.69) is 27.6 Å². The van der Waals surface area contributed by atoms with Gasteiger partial charge >= 0.3 is 0 Å². The summed E-state index contributed by atoms with van der Waals surface area (Å²) in [6.45, 7) is 0. The molecule has 0 bridgehead atoms. The summed E-state index contributed by atoms with van der Waals surface area (Å²) < 4.78 is 6.23. The Morgan fingerprint density at radius 1 is 1.50 bits per heavy atom. The lowest BCUT2D eigenvalue weighted by molar-refractivity contribution is 0.615. The van der Waals surface area contributed by atoms with Crippen molar-refractivity contribution in [2.24, 2.45) is 0 Å². The Balaban J connectivity index is 2.86. The van der Waals surface area contributed by atoms with Crippen molar-refractivity contribution in [3.05, 3.63) is 28.2 Å². The predicted molar refractivity (Wildman–Crippen MR) is 46.7 cm³/mol. The van der Waals surface area contributed by atoms with E-state index >= 15 is 0 Å². The Kier molecular flexibility index (Phi) is 1.37. The van der Waals surface area contributed by atoms with Gasteiger partial charge in [0.1, 0.15) is 5.52 Å². The SMILES string of the molecule is Ic1cnc2ccoc2c1. The molecular weight excluding hydrogens is 241 g/mol. The van der Waals surface area contributed by atoms with Crippen LogP contribution in [0, 0.1) is 3.57 Å². The van der Waals surface area contributed by atoms with Gasteiger partial charge in [-0.05, 0) is 28.7 Å². The van der Waals surface area contributed by atoms with Gasteiger partial charge in [0, 0.05) is 15.8 Å². The maximum atomic E-state index is 5.13. The zero-order valence-electron chi connectivity index (χ0n) is 5.04. The summed E-state index contributed by atoms with van der Waals surface area (Å²) in [5, 5.41) is 0. The minimum Gasteiger partial charge on any atom is -0.463 e. The summed E-state index contributed by atoms with van der Waals surface area (Å²) in [4.78, 5) is 4.14. The molecule has 0 aliphatic carbocycles. The van der Waals surface area contributed by atoms with E-state index in [-0.39, 0.29) is 0 Å². The number of hydrogen-bond donors (Lipinski definition) is 0. The van der Waals surface area contributed by atoms with E-state index in [0.29, 0.717) is 0 Å². The monoisotopic (exact) mass is 245 g/mol. The molecule has 0 N–H and O–H groups in total. The van der Waals surface area contributed by atoms with E-state index in [1.54, 1.807) is 6.26 Å². The molecule has 0 atom stereocenters. The number of pyridine rings is 1. The van der Waals surface area contributed by atoms with Gasteiger partial charge in [0.05, 0.1) is 6.26 Å². The normalized spacial score (nSPS) is 10.5. The minimum absolute atomic E-state index is 0.854. The second kappa shape index (κ2) is 2.23. The summed E-state index contributed by atoms with van der Waals surface area (Å²) in [6, 6.07) is 3.81. The Labute approximate surface area is 71.4 Å². The van der Waals surface area contributed by atoms with E-state index in [1.165, 1.54) is 0 Å². The smallest absolute Gasteiger partial charge is 0.153 e. The summed E-state index contributed by atoms with van der Waals surface area (Å²) in [7, 11) is 0. The van der Waals surface area contributed by atoms with Crippen molar-refractivity contribution in [2.75, 3.05) is 0 Å². The second-order valence-corrected chi connectivity index (χ2v) is 3.20. The first-order valence-corrected chi connectivity index (χ1v) is 3.93. The van der Waals surface area contributed by atoms with Gasteiger partial charge < -0.3 is 4.42 Å². The highest BCUT2D eigenvalue weighted by Gasteiger charge is 1.96. The minimum atomic E-state index is 0.854. The van der Waals surface area contributed by atoms with Crippen LogP contribution in [0.4, 0.5) is 0 Å². The van der Waals surface area contributed by atoms with Crippen molar-refractivity contribution >= 4 is 33.7 Å². The van der Waals surface area contributed by atoms with E-state index < -0.39 is 0 Å². The summed E-state index contributed by atoms with van der Waals surface area (Å²) in [5.74, 6) is 0. The number of furan rings is 1. The van der Waals surface area contributed by atoms with Crippen LogP contribution in [-0.4, -0.2) is 4.98 Å². The largest absolute Gasteiger partial charge is 0.463 e. The summed E-state index contributed by atoms with van der Waals surface area (Å²) >= 11 is 2.20. The van der Waals surface area contributed by atoms with E-state index in [9.17, 15) is 0 Å². The molecule has 50 valence electrons. The lowest BCUT2D eigenvalue weighted by Gasteiger charge is -1.86. The fourth-order valence-corrected chi connectivity index (χ4v) is 1.24. The highest BCUT2D eigenvalue weighted by atomic mass is 127. The Bertz CT molecular complexity index is 355. The molecule has 0 saturated heterocycles. The molecule has 0 aliphatic rings. The topological polar surface area (TPSA) is 26.0 Å². The van der Waals surface area contributed by atoms with Gasteiger partial charge in [0.2, 0.25) is 0 Å². The van der Waals surface area contributed by atoms with Crippen LogP contribution in [0.25, 0.3) is 11.1 Å². The van der Waals surface area contributed by atoms with E-state index in [0.717, 1.165) is 14.7 Å². The van der Waals surface area contributed by atoms with Crippen molar-refractivity contribution < 1.29 is 4.42 Å². The first-order valence-electron chi connectivity index (χ1n) is 2.85. The standard InChI is InChI=1S/C7H4INO/c8-5-3-7-6(9-4-5)1-2-10-7/h1-4H. The van der Waals surface area contributed by atoms with Crippen LogP contribution in [0.5, 0.6) is 0 Å². The van der Waals surface area contributed by atoms with Gasteiger partial charge in [-0.25, -0.2) is 0 Å². The van der Waals surface area contributed by atoms with Gasteiger partial charge in [-0.2, -0.15) is 0 Å². The van der Waals surface area contributed by atoms with Crippen LogP contribution < -0.4 is 0 Å². The molecule has 0 saturated carbocycles. The fourth-order valence-electron chi connectivity index (χ4n) is 0.823. The molecular formula is C7H4INO. The third-order valence-corrected chi connectivity index (χ3v) is 1.86. The Morgan fingerprint density at radius 3 is 3.30 bits per heavy atom. The molecule has 0 amide bonds. The second-order valence-electron chi connectivity index (χ2n) is 1.96. The van der Waals surface area contributed by atoms with E-state index in [1.807, 2.05) is 18.3 Å². The number of halogens is 1. The van der Waals surface area contributed by atoms with Crippen molar-refractivity contribution in [1.82, 2.24) is 4.98 Å². The predicted octanol–water partition coefficient (Wildman–Crippen LogP) is 2.43. The molecule has 10 heavy (non-hydrogen) atoms. The zero-order valence-corrected chi connectivity index (χ0v) is 7.20. The molecule has 0 aromatic carbocycles. The van der Waals surface area contributed by atoms with Gasteiger partial charge in [0.15, 0.2) is 5.58 Å². The molecule has 2 heterocycles. The summed E-state index contributed by atoms with van der Waals surface area (Å²) in [6.07, 6.45) is 3.46. The molecule has 2 aromatic rings. The average Bonchev–Trinajstić information content (AvgIpc) is 2.33. The van der Waals surface area contributed by atoms with Gasteiger partial charge in [-0.1, -0.05) is 0 Å². The van der Waals surface area contributed by atoms with Crippen LogP contribution in [0.2, 0.25) is 0 Å². The lowest BCUT2D eigenvalue weighted by atomic mass is 10.4. The van der Waals surface area contributed by atoms with Crippen molar-refractivity contribution in [3.63, 3.8) is 0 Å². The molecule has 0 fully saturated rings. The molecule has 0 radical (unpaired) electrons.